The van der Waals surface area contributed by atoms with E-state index in [0.717, 1.165) is 11.1 Å². The van der Waals surface area contributed by atoms with Crippen LogP contribution >= 0.6 is 11.3 Å². The van der Waals surface area contributed by atoms with Crippen molar-refractivity contribution in [3.05, 3.63) is 29.6 Å². The largest absolute Gasteiger partial charge is 0.326 e. The molecule has 2 N–H and O–H groups in total. The number of hydrogen-bond acceptors (Lipinski definition) is 4. The molecule has 1 aliphatic rings. The van der Waals surface area contributed by atoms with Crippen molar-refractivity contribution in [2.75, 3.05) is 5.32 Å². The van der Waals surface area contributed by atoms with E-state index in [9.17, 15) is 13.2 Å². The topological polar surface area (TPSA) is 75.3 Å². The Balaban J connectivity index is 1.54. The monoisotopic (exact) mass is 380 g/mol. The van der Waals surface area contributed by atoms with Gasteiger partial charge in [0.05, 0.1) is 5.25 Å². The van der Waals surface area contributed by atoms with Gasteiger partial charge < -0.3 is 5.32 Å². The molecule has 5 nitrogen and oxygen atoms in total. The third kappa shape index (κ3) is 4.40. The SMILES string of the molecule is CC(C)S(=O)(=O)N[C@H]1CC[C@H](C(=O)Nc2ccc3sccc3c2)CC1. The van der Waals surface area contributed by atoms with Gasteiger partial charge in [-0.1, -0.05) is 0 Å². The van der Waals surface area contributed by atoms with Crippen molar-refractivity contribution in [1.29, 1.82) is 0 Å². The minimum atomic E-state index is -3.25. The van der Waals surface area contributed by atoms with Crippen molar-refractivity contribution in [1.82, 2.24) is 4.72 Å². The summed E-state index contributed by atoms with van der Waals surface area (Å²) in [5.74, 6) is -0.0299. The van der Waals surface area contributed by atoms with Gasteiger partial charge in [0.2, 0.25) is 15.9 Å². The highest BCUT2D eigenvalue weighted by Gasteiger charge is 2.29. The number of anilines is 1. The molecule has 0 unspecified atom stereocenters. The molecule has 0 radical (unpaired) electrons. The van der Waals surface area contributed by atoms with Crippen LogP contribution in [0, 0.1) is 5.92 Å². The zero-order valence-electron chi connectivity index (χ0n) is 14.5. The third-order valence-corrected chi connectivity index (χ3v) is 7.57. The first-order valence-corrected chi connectivity index (χ1v) is 11.1. The molecule has 1 amide bonds. The number of sulfonamides is 1. The quantitative estimate of drug-likeness (QED) is 0.830. The molecule has 25 heavy (non-hydrogen) atoms. The summed E-state index contributed by atoms with van der Waals surface area (Å²) in [6.07, 6.45) is 2.82. The molecule has 0 bridgehead atoms. The molecule has 0 saturated heterocycles. The standard InChI is InChI=1S/C18H24N2O3S2/c1-12(2)25(22,23)20-15-5-3-13(4-6-15)18(21)19-16-7-8-17-14(11-16)9-10-24-17/h7-13,15,20H,3-6H2,1-2H3,(H,19,21)/t13-,15-. The Bertz CT molecular complexity index is 850. The molecule has 0 spiro atoms. The average Bonchev–Trinajstić information content (AvgIpc) is 3.02. The number of thiophene rings is 1. The van der Waals surface area contributed by atoms with E-state index in [0.29, 0.717) is 25.7 Å². The van der Waals surface area contributed by atoms with Gasteiger partial charge in [0.15, 0.2) is 0 Å². The molecule has 2 aromatic rings. The van der Waals surface area contributed by atoms with Crippen molar-refractivity contribution < 1.29 is 13.2 Å². The van der Waals surface area contributed by atoms with Crippen molar-refractivity contribution >= 4 is 43.0 Å². The summed E-state index contributed by atoms with van der Waals surface area (Å²) in [5, 5.41) is 5.74. The van der Waals surface area contributed by atoms with Gasteiger partial charge in [0, 0.05) is 22.3 Å². The molecule has 1 fully saturated rings. The number of amides is 1. The first-order valence-electron chi connectivity index (χ1n) is 8.64. The van der Waals surface area contributed by atoms with Gasteiger partial charge in [-0.3, -0.25) is 4.79 Å². The van der Waals surface area contributed by atoms with Crippen LogP contribution in [-0.2, 0) is 14.8 Å². The van der Waals surface area contributed by atoms with E-state index in [-0.39, 0.29) is 17.9 Å². The second-order valence-electron chi connectivity index (χ2n) is 6.92. The molecule has 1 aliphatic carbocycles. The summed E-state index contributed by atoms with van der Waals surface area (Å²) >= 11 is 1.68. The molecule has 7 heteroatoms. The van der Waals surface area contributed by atoms with E-state index in [1.807, 2.05) is 29.6 Å². The van der Waals surface area contributed by atoms with Gasteiger partial charge in [-0.15, -0.1) is 11.3 Å². The van der Waals surface area contributed by atoms with Gasteiger partial charge in [0.1, 0.15) is 0 Å². The second kappa shape index (κ2) is 7.43. The van der Waals surface area contributed by atoms with E-state index in [1.165, 1.54) is 4.70 Å². The molecule has 0 aliphatic heterocycles. The van der Waals surface area contributed by atoms with Crippen LogP contribution in [0.2, 0.25) is 0 Å². The van der Waals surface area contributed by atoms with Crippen molar-refractivity contribution in [2.24, 2.45) is 5.92 Å². The Hall–Kier alpha value is -1.44. The fourth-order valence-corrected chi connectivity index (χ4v) is 4.87. The molecular weight excluding hydrogens is 356 g/mol. The minimum absolute atomic E-state index is 0.0275. The maximum absolute atomic E-state index is 12.5. The van der Waals surface area contributed by atoms with Crippen LogP contribution in [0.5, 0.6) is 0 Å². The number of benzene rings is 1. The smallest absolute Gasteiger partial charge is 0.227 e. The fourth-order valence-electron chi connectivity index (χ4n) is 3.13. The lowest BCUT2D eigenvalue weighted by Crippen LogP contribution is -2.42. The minimum Gasteiger partial charge on any atom is -0.326 e. The summed E-state index contributed by atoms with van der Waals surface area (Å²) in [6.45, 7) is 3.34. The predicted molar refractivity (Wildman–Crippen MR) is 103 cm³/mol. The number of nitrogens with one attached hydrogen (secondary N) is 2. The summed E-state index contributed by atoms with van der Waals surface area (Å²) in [5.41, 5.74) is 0.818. The van der Waals surface area contributed by atoms with Crippen LogP contribution in [0.15, 0.2) is 29.6 Å². The van der Waals surface area contributed by atoms with Crippen LogP contribution < -0.4 is 10.0 Å². The van der Waals surface area contributed by atoms with Crippen molar-refractivity contribution in [3.8, 4) is 0 Å². The molecule has 3 rings (SSSR count). The van der Waals surface area contributed by atoms with Gasteiger partial charge in [-0.2, -0.15) is 0 Å². The fraction of sp³-hybridized carbons (Fsp3) is 0.500. The zero-order valence-corrected chi connectivity index (χ0v) is 16.1. The molecular formula is C18H24N2O3S2. The molecule has 1 saturated carbocycles. The highest BCUT2D eigenvalue weighted by atomic mass is 32.2. The Kier molecular flexibility index (Phi) is 5.46. The van der Waals surface area contributed by atoms with Crippen LogP contribution in [0.25, 0.3) is 10.1 Å². The second-order valence-corrected chi connectivity index (χ2v) is 10.1. The predicted octanol–water partition coefficient (Wildman–Crippen LogP) is 3.73. The van der Waals surface area contributed by atoms with E-state index < -0.39 is 15.3 Å². The van der Waals surface area contributed by atoms with Crippen LogP contribution in [0.1, 0.15) is 39.5 Å². The van der Waals surface area contributed by atoms with Crippen LogP contribution in [0.4, 0.5) is 5.69 Å². The molecule has 136 valence electrons. The number of carbonyl (C=O) groups excluding carboxylic acids is 1. The third-order valence-electron chi connectivity index (χ3n) is 4.77. The van der Waals surface area contributed by atoms with E-state index in [4.69, 9.17) is 0 Å². The Morgan fingerprint density at radius 1 is 1.16 bits per heavy atom. The number of carbonyl (C=O) groups is 1. The molecule has 1 heterocycles. The van der Waals surface area contributed by atoms with E-state index in [1.54, 1.807) is 25.2 Å². The summed E-state index contributed by atoms with van der Waals surface area (Å²) in [7, 11) is -3.25. The molecule has 1 aromatic heterocycles. The lowest BCUT2D eigenvalue weighted by Gasteiger charge is -2.28. The maximum Gasteiger partial charge on any atom is 0.227 e. The summed E-state index contributed by atoms with van der Waals surface area (Å²) < 4.78 is 27.9. The lowest BCUT2D eigenvalue weighted by atomic mass is 9.86. The highest BCUT2D eigenvalue weighted by Crippen LogP contribution is 2.28. The van der Waals surface area contributed by atoms with Crippen molar-refractivity contribution in [2.45, 2.75) is 50.8 Å². The van der Waals surface area contributed by atoms with Gasteiger partial charge in [-0.05, 0) is 74.6 Å². The summed E-state index contributed by atoms with van der Waals surface area (Å²) in [4.78, 5) is 12.5. The maximum atomic E-state index is 12.5. The normalized spacial score (nSPS) is 21.6. The number of hydrogen-bond donors (Lipinski definition) is 2. The van der Waals surface area contributed by atoms with Gasteiger partial charge >= 0.3 is 0 Å². The number of rotatable bonds is 5. The van der Waals surface area contributed by atoms with E-state index in [2.05, 4.69) is 10.0 Å². The van der Waals surface area contributed by atoms with Gasteiger partial charge in [-0.25, -0.2) is 13.1 Å². The Labute approximate surface area is 152 Å². The van der Waals surface area contributed by atoms with Crippen molar-refractivity contribution in [3.63, 3.8) is 0 Å². The number of fused-ring (bicyclic) bond motifs is 1. The zero-order chi connectivity index (χ0) is 18.0. The Morgan fingerprint density at radius 3 is 2.56 bits per heavy atom. The first kappa shape index (κ1) is 18.4. The van der Waals surface area contributed by atoms with Crippen LogP contribution in [-0.4, -0.2) is 25.6 Å². The molecule has 0 atom stereocenters. The Morgan fingerprint density at radius 2 is 1.88 bits per heavy atom. The van der Waals surface area contributed by atoms with E-state index >= 15 is 0 Å². The highest BCUT2D eigenvalue weighted by molar-refractivity contribution is 7.90. The molecule has 1 aromatic carbocycles. The first-order chi connectivity index (χ1) is 11.8. The lowest BCUT2D eigenvalue weighted by molar-refractivity contribution is -0.120. The van der Waals surface area contributed by atoms with Crippen LogP contribution in [0.3, 0.4) is 0 Å². The summed E-state index contributed by atoms with van der Waals surface area (Å²) in [6, 6.07) is 7.93. The van der Waals surface area contributed by atoms with Gasteiger partial charge in [0.25, 0.3) is 0 Å². The average molecular weight is 381 g/mol.